The zero-order valence-corrected chi connectivity index (χ0v) is 14.0. The number of hydrogen-bond acceptors (Lipinski definition) is 4. The fourth-order valence-electron chi connectivity index (χ4n) is 2.82. The van der Waals surface area contributed by atoms with Crippen molar-refractivity contribution in [3.8, 4) is 11.3 Å². The van der Waals surface area contributed by atoms with Gasteiger partial charge in [0.2, 0.25) is 0 Å². The lowest BCUT2D eigenvalue weighted by Gasteiger charge is -2.10. The van der Waals surface area contributed by atoms with Gasteiger partial charge in [0.25, 0.3) is 11.0 Å². The van der Waals surface area contributed by atoms with Gasteiger partial charge in [0, 0.05) is 17.5 Å². The van der Waals surface area contributed by atoms with Crippen LogP contribution in [0, 0.1) is 11.7 Å². The van der Waals surface area contributed by atoms with Crippen LogP contribution in [-0.4, -0.2) is 14.8 Å². The zero-order valence-electron chi connectivity index (χ0n) is 14.0. The van der Waals surface area contributed by atoms with E-state index >= 15 is 0 Å². The number of halogens is 1. The van der Waals surface area contributed by atoms with Crippen LogP contribution in [-0.2, 0) is 6.54 Å². The molecule has 0 fully saturated rings. The normalized spacial score (nSPS) is 12.1. The highest BCUT2D eigenvalue weighted by molar-refractivity contribution is 5.92. The van der Waals surface area contributed by atoms with E-state index in [9.17, 15) is 14.4 Å². The highest BCUT2D eigenvalue weighted by atomic mass is 19.1. The number of fused-ring (bicyclic) bond motifs is 1. The molecule has 0 saturated carbocycles. The maximum Gasteiger partial charge on any atom is 0.299 e. The molecule has 0 amide bonds. The van der Waals surface area contributed by atoms with Gasteiger partial charge in [-0.3, -0.25) is 4.79 Å². The Kier molecular flexibility index (Phi) is 4.61. The lowest BCUT2D eigenvalue weighted by Crippen LogP contribution is -2.35. The van der Waals surface area contributed by atoms with Crippen molar-refractivity contribution in [2.75, 3.05) is 0 Å². The highest BCUT2D eigenvalue weighted by Gasteiger charge is 2.14. The van der Waals surface area contributed by atoms with Gasteiger partial charge in [-0.05, 0) is 24.1 Å². The van der Waals surface area contributed by atoms with Crippen molar-refractivity contribution in [1.82, 2.24) is 9.55 Å². The summed E-state index contributed by atoms with van der Waals surface area (Å²) in [7, 11) is 0. The van der Waals surface area contributed by atoms with Crippen LogP contribution in [0.1, 0.15) is 13.8 Å². The first-order valence-corrected chi connectivity index (χ1v) is 8.00. The highest BCUT2D eigenvalue weighted by Crippen LogP contribution is 2.26. The molecule has 6 heteroatoms. The summed E-state index contributed by atoms with van der Waals surface area (Å²) in [4.78, 5) is 17.0. The van der Waals surface area contributed by atoms with Crippen LogP contribution in [0.2, 0.25) is 0 Å². The summed E-state index contributed by atoms with van der Waals surface area (Å²) in [6.07, 6.45) is 0. The van der Waals surface area contributed by atoms with Crippen LogP contribution in [0.25, 0.3) is 22.2 Å². The van der Waals surface area contributed by atoms with E-state index in [1.807, 2.05) is 13.8 Å². The maximum absolute atomic E-state index is 14.4. The average Bonchev–Trinajstić information content (AvgIpc) is 2.71. The van der Waals surface area contributed by atoms with Gasteiger partial charge in [-0.15, -0.1) is 0 Å². The van der Waals surface area contributed by atoms with Crippen molar-refractivity contribution in [1.29, 1.82) is 0 Å². The van der Waals surface area contributed by atoms with E-state index in [1.165, 1.54) is 10.6 Å². The Morgan fingerprint density at radius 1 is 1.16 bits per heavy atom. The fourth-order valence-corrected chi connectivity index (χ4v) is 2.82. The summed E-state index contributed by atoms with van der Waals surface area (Å²) >= 11 is 0. The van der Waals surface area contributed by atoms with E-state index < -0.39 is 11.4 Å². The SMILES string of the molecule is CC(C)Cn1c(=O)c(=NO)nc(-c2ccccc2F)c2ccccc21. The topological polar surface area (TPSA) is 67.5 Å². The molecule has 1 N–H and O–H groups in total. The number of aromatic nitrogens is 2. The van der Waals surface area contributed by atoms with Gasteiger partial charge in [-0.25, -0.2) is 9.37 Å². The van der Waals surface area contributed by atoms with Crippen LogP contribution in [0.4, 0.5) is 4.39 Å². The second-order valence-electron chi connectivity index (χ2n) is 6.19. The second-order valence-corrected chi connectivity index (χ2v) is 6.19. The number of para-hydroxylation sites is 1. The third-order valence-electron chi connectivity index (χ3n) is 3.88. The Balaban J connectivity index is 2.55. The van der Waals surface area contributed by atoms with E-state index in [0.29, 0.717) is 17.4 Å². The van der Waals surface area contributed by atoms with Crippen LogP contribution < -0.4 is 11.0 Å². The van der Waals surface area contributed by atoms with E-state index in [0.717, 1.165) is 0 Å². The Hall–Kier alpha value is -3.02. The Bertz CT molecular complexity index is 1060. The van der Waals surface area contributed by atoms with E-state index in [1.54, 1.807) is 42.5 Å². The van der Waals surface area contributed by atoms with E-state index in [4.69, 9.17) is 0 Å². The molecule has 3 aromatic rings. The van der Waals surface area contributed by atoms with Gasteiger partial charge in [-0.2, -0.15) is 0 Å². The molecule has 128 valence electrons. The molecule has 5 nitrogen and oxygen atoms in total. The van der Waals surface area contributed by atoms with Crippen molar-refractivity contribution >= 4 is 10.9 Å². The first-order chi connectivity index (χ1) is 12.0. The molecule has 1 heterocycles. The number of rotatable bonds is 3. The molecule has 3 rings (SSSR count). The zero-order chi connectivity index (χ0) is 18.0. The molecule has 0 radical (unpaired) electrons. The molecule has 0 aliphatic heterocycles. The summed E-state index contributed by atoms with van der Waals surface area (Å²) in [6, 6.07) is 13.4. The molecule has 0 aliphatic carbocycles. The summed E-state index contributed by atoms with van der Waals surface area (Å²) in [6.45, 7) is 4.39. The number of benzene rings is 2. The molecular formula is C19H18FN3O2. The molecule has 0 unspecified atom stereocenters. The molecule has 0 aliphatic rings. The second kappa shape index (κ2) is 6.84. The van der Waals surface area contributed by atoms with Gasteiger partial charge in [0.1, 0.15) is 5.82 Å². The van der Waals surface area contributed by atoms with Crippen molar-refractivity contribution in [2.45, 2.75) is 20.4 Å². The van der Waals surface area contributed by atoms with Crippen LogP contribution in [0.15, 0.2) is 58.5 Å². The summed E-state index contributed by atoms with van der Waals surface area (Å²) < 4.78 is 15.9. The van der Waals surface area contributed by atoms with Crippen molar-refractivity contribution in [2.24, 2.45) is 11.1 Å². The van der Waals surface area contributed by atoms with Gasteiger partial charge in [-0.1, -0.05) is 49.3 Å². The predicted octanol–water partition coefficient (Wildman–Crippen LogP) is 3.15. The van der Waals surface area contributed by atoms with Gasteiger partial charge in [0.05, 0.1) is 11.2 Å². The van der Waals surface area contributed by atoms with Crippen LogP contribution >= 0.6 is 0 Å². The monoisotopic (exact) mass is 339 g/mol. The molecule has 0 atom stereocenters. The predicted molar refractivity (Wildman–Crippen MR) is 93.6 cm³/mol. The standard InChI is InChI=1S/C19H18FN3O2/c1-12(2)11-23-16-10-6-4-8-14(16)17(21-18(22-25)19(23)24)13-7-3-5-9-15(13)20/h3-10,12,25H,11H2,1-2H3. The minimum absolute atomic E-state index is 0.187. The number of hydrogen-bond donors (Lipinski definition) is 1. The first-order valence-electron chi connectivity index (χ1n) is 8.00. The van der Waals surface area contributed by atoms with Gasteiger partial charge < -0.3 is 9.77 Å². The Morgan fingerprint density at radius 3 is 2.52 bits per heavy atom. The third-order valence-corrected chi connectivity index (χ3v) is 3.88. The average molecular weight is 339 g/mol. The molecule has 1 aromatic heterocycles. The van der Waals surface area contributed by atoms with E-state index in [-0.39, 0.29) is 22.7 Å². The summed E-state index contributed by atoms with van der Waals surface area (Å²) in [5, 5.41) is 13.0. The minimum atomic E-state index is -0.519. The molecule has 2 aromatic carbocycles. The minimum Gasteiger partial charge on any atom is -0.409 e. The first kappa shape index (κ1) is 16.8. The smallest absolute Gasteiger partial charge is 0.299 e. The molecule has 0 bridgehead atoms. The Labute approximate surface area is 143 Å². The van der Waals surface area contributed by atoms with Crippen LogP contribution in [0.3, 0.4) is 0 Å². The lowest BCUT2D eigenvalue weighted by atomic mass is 10.1. The molecule has 0 spiro atoms. The van der Waals surface area contributed by atoms with Crippen molar-refractivity contribution in [3.63, 3.8) is 0 Å². The summed E-state index contributed by atoms with van der Waals surface area (Å²) in [5.74, 6) is -0.273. The summed E-state index contributed by atoms with van der Waals surface area (Å²) in [5.41, 5.74) is 0.239. The molecule has 0 saturated heterocycles. The largest absolute Gasteiger partial charge is 0.409 e. The fraction of sp³-hybridized carbons (Fsp3) is 0.211. The maximum atomic E-state index is 14.4. The van der Waals surface area contributed by atoms with Crippen molar-refractivity contribution in [3.05, 3.63) is 70.2 Å². The third kappa shape index (κ3) is 3.15. The molecular weight excluding hydrogens is 321 g/mol. The molecule has 25 heavy (non-hydrogen) atoms. The number of nitrogens with zero attached hydrogens (tertiary/aromatic N) is 3. The quantitative estimate of drug-likeness (QED) is 0.589. The van der Waals surface area contributed by atoms with Gasteiger partial charge >= 0.3 is 0 Å². The lowest BCUT2D eigenvalue weighted by molar-refractivity contribution is 0.296. The van der Waals surface area contributed by atoms with Crippen molar-refractivity contribution < 1.29 is 9.60 Å². The Morgan fingerprint density at radius 2 is 1.84 bits per heavy atom. The van der Waals surface area contributed by atoms with Gasteiger partial charge in [0.15, 0.2) is 0 Å². The van der Waals surface area contributed by atoms with E-state index in [2.05, 4.69) is 10.1 Å². The van der Waals surface area contributed by atoms with Crippen LogP contribution in [0.5, 0.6) is 0 Å².